The summed E-state index contributed by atoms with van der Waals surface area (Å²) in [5, 5.41) is 0. The van der Waals surface area contributed by atoms with Gasteiger partial charge in [-0.25, -0.2) is 4.57 Å². The zero-order valence-corrected chi connectivity index (χ0v) is 17.4. The number of rotatable bonds is 1. The number of pyridine rings is 1. The molecule has 2 aliphatic carbocycles. The summed E-state index contributed by atoms with van der Waals surface area (Å²) in [5.74, 6) is 2.75. The van der Waals surface area contributed by atoms with Crippen molar-refractivity contribution in [1.82, 2.24) is 0 Å². The lowest BCUT2D eigenvalue weighted by atomic mass is 9.76. The molecule has 26 heavy (non-hydrogen) atoms. The van der Waals surface area contributed by atoms with Crippen LogP contribution in [0.2, 0.25) is 0 Å². The van der Waals surface area contributed by atoms with Gasteiger partial charge in [0.25, 0.3) is 0 Å². The highest BCUT2D eigenvalue weighted by molar-refractivity contribution is 5.65. The number of aryl methyl sites for hydroxylation is 2. The van der Waals surface area contributed by atoms with Gasteiger partial charge in [-0.1, -0.05) is 33.8 Å². The summed E-state index contributed by atoms with van der Waals surface area (Å²) in [6.45, 7) is 11.9. The van der Waals surface area contributed by atoms with Gasteiger partial charge in [-0.2, -0.15) is 0 Å². The molecule has 4 rings (SSSR count). The van der Waals surface area contributed by atoms with Gasteiger partial charge in [-0.3, -0.25) is 0 Å². The molecular weight excluding hydrogens is 314 g/mol. The molecule has 0 amide bonds. The minimum absolute atomic E-state index is 0.679. The highest BCUT2D eigenvalue weighted by atomic mass is 14.9. The Labute approximate surface area is 159 Å². The van der Waals surface area contributed by atoms with Crippen LogP contribution < -0.4 is 4.57 Å². The Morgan fingerprint density at radius 3 is 1.73 bits per heavy atom. The first-order valence-corrected chi connectivity index (χ1v) is 10.5. The number of fused-ring (bicyclic) bond motifs is 2. The number of benzene rings is 1. The van der Waals surface area contributed by atoms with Crippen LogP contribution >= 0.6 is 0 Å². The number of nitrogens with zero attached hydrogens (tertiary/aromatic N) is 1. The predicted molar refractivity (Wildman–Crippen MR) is 110 cm³/mol. The fourth-order valence-electron chi connectivity index (χ4n) is 5.29. The van der Waals surface area contributed by atoms with Gasteiger partial charge >= 0.3 is 0 Å². The zero-order chi connectivity index (χ0) is 18.6. The SMILES string of the molecule is Cc1cc2c(cc1-c1cc3c(c[n+]1C)C(C)CCC3C)C(C)CCC2C. The molecule has 0 N–H and O–H groups in total. The van der Waals surface area contributed by atoms with Gasteiger partial charge in [0, 0.05) is 17.2 Å². The summed E-state index contributed by atoms with van der Waals surface area (Å²) in [7, 11) is 2.23. The van der Waals surface area contributed by atoms with Gasteiger partial charge < -0.3 is 0 Å². The Kier molecular flexibility index (Phi) is 4.45. The second kappa shape index (κ2) is 6.51. The van der Waals surface area contributed by atoms with Gasteiger partial charge in [0.2, 0.25) is 5.69 Å². The maximum Gasteiger partial charge on any atom is 0.212 e. The van der Waals surface area contributed by atoms with E-state index in [0.29, 0.717) is 23.7 Å². The molecule has 1 aromatic heterocycles. The lowest BCUT2D eigenvalue weighted by Crippen LogP contribution is -2.33. The number of hydrogen-bond donors (Lipinski definition) is 0. The summed E-state index contributed by atoms with van der Waals surface area (Å²) in [4.78, 5) is 0. The van der Waals surface area contributed by atoms with E-state index in [1.54, 1.807) is 22.3 Å². The standard InChI is InChI=1S/C25H34N/c1-15-7-8-16(2)21-12-23(19(5)11-20(15)21)25-13-22-17(3)9-10-18(4)24(22)14-26(25)6/h11-18H,7-10H2,1-6H3/q+1. The van der Waals surface area contributed by atoms with E-state index in [1.165, 1.54) is 42.5 Å². The molecule has 2 aromatic rings. The van der Waals surface area contributed by atoms with Crippen LogP contribution in [-0.2, 0) is 7.05 Å². The number of hydrogen-bond acceptors (Lipinski definition) is 0. The summed E-state index contributed by atoms with van der Waals surface area (Å²) in [6.07, 6.45) is 7.70. The van der Waals surface area contributed by atoms with Crippen molar-refractivity contribution in [3.05, 3.63) is 52.2 Å². The molecule has 1 aromatic carbocycles. The summed E-state index contributed by atoms with van der Waals surface area (Å²) >= 11 is 0. The monoisotopic (exact) mass is 348 g/mol. The first-order valence-electron chi connectivity index (χ1n) is 10.5. The lowest BCUT2D eigenvalue weighted by molar-refractivity contribution is -0.661. The van der Waals surface area contributed by atoms with Crippen LogP contribution in [0.15, 0.2) is 24.4 Å². The molecular formula is C25H34N+. The van der Waals surface area contributed by atoms with Crippen LogP contribution in [-0.4, -0.2) is 0 Å². The van der Waals surface area contributed by atoms with Gasteiger partial charge in [-0.15, -0.1) is 0 Å². The van der Waals surface area contributed by atoms with Crippen LogP contribution in [0.3, 0.4) is 0 Å². The molecule has 0 radical (unpaired) electrons. The van der Waals surface area contributed by atoms with Gasteiger partial charge in [-0.05, 0) is 84.6 Å². The van der Waals surface area contributed by atoms with Crippen LogP contribution in [0.5, 0.6) is 0 Å². The minimum Gasteiger partial charge on any atom is -0.201 e. The van der Waals surface area contributed by atoms with Crippen molar-refractivity contribution in [2.45, 2.75) is 84.0 Å². The molecule has 1 nitrogen and oxygen atoms in total. The molecule has 138 valence electrons. The van der Waals surface area contributed by atoms with Crippen LogP contribution in [0.1, 0.15) is 105 Å². The Balaban J connectivity index is 1.89. The topological polar surface area (TPSA) is 3.88 Å². The molecule has 1 heteroatoms. The van der Waals surface area contributed by atoms with Crippen molar-refractivity contribution in [3.8, 4) is 11.3 Å². The van der Waals surface area contributed by atoms with Crippen LogP contribution in [0.25, 0.3) is 11.3 Å². The average Bonchev–Trinajstić information content (AvgIpc) is 2.61. The van der Waals surface area contributed by atoms with Crippen molar-refractivity contribution in [2.24, 2.45) is 7.05 Å². The molecule has 4 atom stereocenters. The highest BCUT2D eigenvalue weighted by Crippen LogP contribution is 2.42. The van der Waals surface area contributed by atoms with E-state index in [1.807, 2.05) is 0 Å². The van der Waals surface area contributed by atoms with E-state index in [4.69, 9.17) is 0 Å². The van der Waals surface area contributed by atoms with Gasteiger partial charge in [0.05, 0.1) is 0 Å². The Bertz CT molecular complexity index is 776. The smallest absolute Gasteiger partial charge is 0.201 e. The van der Waals surface area contributed by atoms with Crippen molar-refractivity contribution in [2.75, 3.05) is 0 Å². The van der Waals surface area contributed by atoms with E-state index in [2.05, 4.69) is 70.6 Å². The summed E-state index contributed by atoms with van der Waals surface area (Å²) in [5.41, 5.74) is 10.6. The Morgan fingerprint density at radius 2 is 1.15 bits per heavy atom. The molecule has 1 heterocycles. The molecule has 0 saturated carbocycles. The zero-order valence-electron chi connectivity index (χ0n) is 17.4. The predicted octanol–water partition coefficient (Wildman–Crippen LogP) is 6.49. The van der Waals surface area contributed by atoms with Crippen LogP contribution in [0.4, 0.5) is 0 Å². The van der Waals surface area contributed by atoms with E-state index in [0.717, 1.165) is 0 Å². The first kappa shape index (κ1) is 17.8. The maximum absolute atomic E-state index is 2.52. The lowest BCUT2D eigenvalue weighted by Gasteiger charge is -2.29. The van der Waals surface area contributed by atoms with Gasteiger partial charge in [0.1, 0.15) is 7.05 Å². The molecule has 4 unspecified atom stereocenters. The first-order chi connectivity index (χ1) is 12.4. The third-order valence-electron chi connectivity index (χ3n) is 7.23. The molecule has 0 saturated heterocycles. The second-order valence-corrected chi connectivity index (χ2v) is 9.24. The third kappa shape index (κ3) is 2.80. The van der Waals surface area contributed by atoms with E-state index >= 15 is 0 Å². The quantitative estimate of drug-likeness (QED) is 0.519. The van der Waals surface area contributed by atoms with Crippen molar-refractivity contribution in [3.63, 3.8) is 0 Å². The average molecular weight is 349 g/mol. The Morgan fingerprint density at radius 1 is 0.692 bits per heavy atom. The summed E-state index contributed by atoms with van der Waals surface area (Å²) in [6, 6.07) is 7.50. The third-order valence-corrected chi connectivity index (χ3v) is 7.23. The molecule has 0 aliphatic heterocycles. The largest absolute Gasteiger partial charge is 0.212 e. The fraction of sp³-hybridized carbons (Fsp3) is 0.560. The van der Waals surface area contributed by atoms with E-state index in [-0.39, 0.29) is 0 Å². The number of aromatic nitrogens is 1. The fourth-order valence-corrected chi connectivity index (χ4v) is 5.29. The second-order valence-electron chi connectivity index (χ2n) is 9.24. The minimum atomic E-state index is 0.679. The van der Waals surface area contributed by atoms with Crippen molar-refractivity contribution in [1.29, 1.82) is 0 Å². The maximum atomic E-state index is 2.52. The molecule has 0 spiro atoms. The molecule has 0 bridgehead atoms. The summed E-state index contributed by atoms with van der Waals surface area (Å²) < 4.78 is 2.37. The molecule has 0 fully saturated rings. The van der Waals surface area contributed by atoms with E-state index in [9.17, 15) is 0 Å². The van der Waals surface area contributed by atoms with Gasteiger partial charge in [0.15, 0.2) is 6.20 Å². The van der Waals surface area contributed by atoms with Crippen LogP contribution in [0, 0.1) is 6.92 Å². The normalized spacial score (nSPS) is 27.8. The van der Waals surface area contributed by atoms with E-state index < -0.39 is 0 Å². The van der Waals surface area contributed by atoms with Crippen molar-refractivity contribution >= 4 is 0 Å². The highest BCUT2D eigenvalue weighted by Gasteiger charge is 2.29. The Hall–Kier alpha value is -1.63. The molecule has 2 aliphatic rings. The van der Waals surface area contributed by atoms with Crippen molar-refractivity contribution < 1.29 is 4.57 Å².